The molecule has 0 atom stereocenters. The fraction of sp³-hybridized carbons (Fsp3) is 0.160. The third kappa shape index (κ3) is 6.65. The fourth-order valence-electron chi connectivity index (χ4n) is 3.59. The van der Waals surface area contributed by atoms with Gasteiger partial charge >= 0.3 is 12.4 Å². The van der Waals surface area contributed by atoms with E-state index in [1.54, 1.807) is 54.6 Å². The minimum atomic E-state index is -5.61. The summed E-state index contributed by atoms with van der Waals surface area (Å²) in [6.45, 7) is 0. The number of ether oxygens (including phenoxy) is 1. The van der Waals surface area contributed by atoms with Crippen molar-refractivity contribution in [2.45, 2.75) is 18.5 Å². The minimum Gasteiger partial charge on any atom is -0.471 e. The molecule has 0 spiro atoms. The number of nitrogens with one attached hydrogen (secondary N) is 2. The van der Waals surface area contributed by atoms with Gasteiger partial charge in [0.25, 0.3) is 6.10 Å². The Hall–Kier alpha value is -4.00. The first kappa shape index (κ1) is 27.0. The summed E-state index contributed by atoms with van der Waals surface area (Å²) in [7, 11) is -3.49. The van der Waals surface area contributed by atoms with E-state index in [0.717, 1.165) is 24.0 Å². The molecule has 13 heteroatoms. The van der Waals surface area contributed by atoms with Gasteiger partial charge in [-0.3, -0.25) is 4.72 Å². The highest BCUT2D eigenvalue weighted by Crippen LogP contribution is 2.36. The van der Waals surface area contributed by atoms with Crippen molar-refractivity contribution >= 4 is 38.9 Å². The number of alkyl halides is 6. The minimum absolute atomic E-state index is 0.415. The molecule has 0 fully saturated rings. The van der Waals surface area contributed by atoms with E-state index in [9.17, 15) is 34.8 Å². The normalized spacial score (nSPS) is 12.9. The van der Waals surface area contributed by atoms with E-state index >= 15 is 0 Å². The Morgan fingerprint density at radius 3 is 2.21 bits per heavy atom. The summed E-state index contributed by atoms with van der Waals surface area (Å²) in [6.07, 6.45) is -10.9. The number of fused-ring (bicyclic) bond motifs is 1. The van der Waals surface area contributed by atoms with Crippen LogP contribution in [0, 0.1) is 0 Å². The van der Waals surface area contributed by atoms with E-state index in [2.05, 4.69) is 19.4 Å². The van der Waals surface area contributed by atoms with Crippen LogP contribution in [0.2, 0.25) is 0 Å². The summed E-state index contributed by atoms with van der Waals surface area (Å²) in [6, 6.07) is 16.9. The number of nitrogens with zero attached hydrogens (tertiary/aromatic N) is 1. The number of rotatable bonds is 7. The largest absolute Gasteiger partial charge is 0.471 e. The van der Waals surface area contributed by atoms with Gasteiger partial charge in [-0.1, -0.05) is 42.5 Å². The zero-order valence-electron chi connectivity index (χ0n) is 19.4. The molecule has 4 rings (SSSR count). The van der Waals surface area contributed by atoms with E-state index in [0.29, 0.717) is 33.7 Å². The third-order valence-electron chi connectivity index (χ3n) is 5.20. The summed E-state index contributed by atoms with van der Waals surface area (Å²) >= 11 is 0. The number of imidazole rings is 1. The molecule has 0 radical (unpaired) electrons. The average molecular weight is 556 g/mol. The maximum atomic E-state index is 12.7. The highest BCUT2D eigenvalue weighted by molar-refractivity contribution is 7.92. The van der Waals surface area contributed by atoms with Crippen LogP contribution in [0.4, 0.5) is 32.0 Å². The summed E-state index contributed by atoms with van der Waals surface area (Å²) in [5.74, 6) is -0.141. The van der Waals surface area contributed by atoms with Crippen molar-refractivity contribution in [3.63, 3.8) is 0 Å². The predicted octanol–water partition coefficient (Wildman–Crippen LogP) is 6.64. The molecule has 0 unspecified atom stereocenters. The number of H-pyrrole nitrogens is 1. The number of aromatic nitrogens is 2. The molecular formula is C25H19F6N3O3S. The molecular weight excluding hydrogens is 536 g/mol. The highest BCUT2D eigenvalue weighted by Gasteiger charge is 2.59. The van der Waals surface area contributed by atoms with Gasteiger partial charge in [0.1, 0.15) is 11.6 Å². The van der Waals surface area contributed by atoms with Gasteiger partial charge < -0.3 is 9.72 Å². The number of hydrogen-bond donors (Lipinski definition) is 2. The standard InChI is InChI=1S/C25H19F6N3O3S/c1-38(35,36)34-19-5-3-2-4-18(19)16-9-12-20-21(14-16)33-22(32-20)13-8-15-6-10-17(11-7-15)37-23(24(26,27)28)25(29,30)31/h2-14,23,34H,1H3,(H,32,33). The smallest absolute Gasteiger partial charge is 0.434 e. The number of anilines is 1. The van der Waals surface area contributed by atoms with Gasteiger partial charge in [0.2, 0.25) is 10.0 Å². The summed E-state index contributed by atoms with van der Waals surface area (Å²) in [4.78, 5) is 7.53. The second kappa shape index (κ2) is 10.0. The maximum Gasteiger partial charge on any atom is 0.434 e. The molecule has 3 aromatic carbocycles. The number of para-hydroxylation sites is 1. The third-order valence-corrected chi connectivity index (χ3v) is 5.79. The predicted molar refractivity (Wildman–Crippen MR) is 132 cm³/mol. The second-order valence-electron chi connectivity index (χ2n) is 8.26. The fourth-order valence-corrected chi connectivity index (χ4v) is 4.16. The molecule has 2 N–H and O–H groups in total. The first-order chi connectivity index (χ1) is 17.7. The van der Waals surface area contributed by atoms with Crippen LogP contribution in [0.25, 0.3) is 34.3 Å². The van der Waals surface area contributed by atoms with Crippen molar-refractivity contribution in [3.8, 4) is 16.9 Å². The monoisotopic (exact) mass is 555 g/mol. The molecule has 0 amide bonds. The van der Waals surface area contributed by atoms with E-state index in [4.69, 9.17) is 0 Å². The molecule has 0 aliphatic rings. The van der Waals surface area contributed by atoms with Gasteiger partial charge in [-0.15, -0.1) is 0 Å². The molecule has 1 aromatic heterocycles. The van der Waals surface area contributed by atoms with Crippen LogP contribution in [0.3, 0.4) is 0 Å². The lowest BCUT2D eigenvalue weighted by Gasteiger charge is -2.23. The molecule has 0 aliphatic heterocycles. The van der Waals surface area contributed by atoms with E-state index < -0.39 is 34.2 Å². The second-order valence-corrected chi connectivity index (χ2v) is 10.0. The molecule has 0 saturated heterocycles. The van der Waals surface area contributed by atoms with Gasteiger partial charge in [0.15, 0.2) is 0 Å². The zero-order valence-corrected chi connectivity index (χ0v) is 20.2. The van der Waals surface area contributed by atoms with E-state index in [-0.39, 0.29) is 0 Å². The molecule has 6 nitrogen and oxygen atoms in total. The topological polar surface area (TPSA) is 84.1 Å². The molecule has 0 saturated carbocycles. The van der Waals surface area contributed by atoms with Crippen molar-refractivity contribution in [2.24, 2.45) is 0 Å². The van der Waals surface area contributed by atoms with Gasteiger partial charge in [0.05, 0.1) is 23.0 Å². The van der Waals surface area contributed by atoms with Crippen LogP contribution < -0.4 is 9.46 Å². The Balaban J connectivity index is 1.52. The Kier molecular flexibility index (Phi) is 7.15. The first-order valence-electron chi connectivity index (χ1n) is 10.8. The van der Waals surface area contributed by atoms with Gasteiger partial charge in [0, 0.05) is 5.56 Å². The molecule has 200 valence electrons. The Bertz CT molecular complexity index is 1560. The lowest BCUT2D eigenvalue weighted by molar-refractivity contribution is -0.299. The van der Waals surface area contributed by atoms with Crippen LogP contribution >= 0.6 is 0 Å². The van der Waals surface area contributed by atoms with Gasteiger partial charge in [-0.25, -0.2) is 13.4 Å². The number of benzene rings is 3. The first-order valence-corrected chi connectivity index (χ1v) is 12.7. The molecule has 0 bridgehead atoms. The van der Waals surface area contributed by atoms with Crippen LogP contribution in [0.5, 0.6) is 5.75 Å². The Morgan fingerprint density at radius 1 is 0.921 bits per heavy atom. The number of halogens is 6. The zero-order chi connectivity index (χ0) is 27.7. The molecule has 38 heavy (non-hydrogen) atoms. The van der Waals surface area contributed by atoms with Crippen LogP contribution in [0.15, 0.2) is 66.7 Å². The van der Waals surface area contributed by atoms with Crippen molar-refractivity contribution in [2.75, 3.05) is 11.0 Å². The quantitative estimate of drug-likeness (QED) is 0.250. The number of sulfonamides is 1. The van der Waals surface area contributed by atoms with Crippen molar-refractivity contribution in [3.05, 3.63) is 78.1 Å². The summed E-state index contributed by atoms with van der Waals surface area (Å²) in [5.41, 5.74) is 3.57. The van der Waals surface area contributed by atoms with Crippen LogP contribution in [-0.4, -0.2) is 43.1 Å². The van der Waals surface area contributed by atoms with E-state index in [1.165, 1.54) is 12.1 Å². The van der Waals surface area contributed by atoms with Crippen LogP contribution in [-0.2, 0) is 10.0 Å². The Labute approximate surface area is 213 Å². The van der Waals surface area contributed by atoms with Crippen molar-refractivity contribution < 1.29 is 39.5 Å². The van der Waals surface area contributed by atoms with Gasteiger partial charge in [-0.2, -0.15) is 26.3 Å². The SMILES string of the molecule is CS(=O)(=O)Nc1ccccc1-c1ccc2nc(C=Cc3ccc(OC(C(F)(F)F)C(F)(F)F)cc3)[nH]c2c1. The molecule has 0 aliphatic carbocycles. The lowest BCUT2D eigenvalue weighted by Crippen LogP contribution is -2.46. The highest BCUT2D eigenvalue weighted by atomic mass is 32.2. The molecule has 1 heterocycles. The van der Waals surface area contributed by atoms with Gasteiger partial charge in [-0.05, 0) is 47.5 Å². The van der Waals surface area contributed by atoms with E-state index in [1.807, 2.05) is 0 Å². The number of aromatic amines is 1. The lowest BCUT2D eigenvalue weighted by atomic mass is 10.0. The van der Waals surface area contributed by atoms with Crippen molar-refractivity contribution in [1.82, 2.24) is 9.97 Å². The molecule has 4 aromatic rings. The van der Waals surface area contributed by atoms with Crippen LogP contribution in [0.1, 0.15) is 11.4 Å². The van der Waals surface area contributed by atoms with Crippen molar-refractivity contribution in [1.29, 1.82) is 0 Å². The maximum absolute atomic E-state index is 12.7. The number of hydrogen-bond acceptors (Lipinski definition) is 4. The average Bonchev–Trinajstić information content (AvgIpc) is 3.22. The summed E-state index contributed by atoms with van der Waals surface area (Å²) < 4.78 is 106. The summed E-state index contributed by atoms with van der Waals surface area (Å²) in [5, 5.41) is 0. The Morgan fingerprint density at radius 2 is 1.58 bits per heavy atom.